The molecule has 0 saturated carbocycles. The molecule has 190 valence electrons. The monoisotopic (exact) mass is 423 g/mol. The van der Waals surface area contributed by atoms with Gasteiger partial charge in [0.25, 0.3) is 0 Å². The largest absolute Gasteiger partial charge is 0.0776 e. The second-order valence-corrected chi connectivity index (χ2v) is 3.06. The van der Waals surface area contributed by atoms with E-state index in [-0.39, 0.29) is 142 Å². The molecular weight excluding hydrogens is 340 g/mol. The molecule has 0 atom stereocenters. The average molecular weight is 423 g/mol. The fourth-order valence-electron chi connectivity index (χ4n) is 0.854. The van der Waals surface area contributed by atoms with E-state index in [0.717, 1.165) is 0 Å². The Labute approximate surface area is 213 Å². The van der Waals surface area contributed by atoms with E-state index in [0.29, 0.717) is 0 Å². The van der Waals surface area contributed by atoms with E-state index in [2.05, 4.69) is 27.7 Å². The molecule has 0 radical (unpaired) electrons. The van der Waals surface area contributed by atoms with Crippen molar-refractivity contribution in [2.75, 3.05) is 0 Å². The van der Waals surface area contributed by atoms with E-state index in [1.807, 2.05) is 0 Å². The Morgan fingerprint density at radius 1 is 0.269 bits per heavy atom. The molecule has 0 aliphatic rings. The molecule has 0 saturated heterocycles. The van der Waals surface area contributed by atoms with Crippen LogP contribution in [0.1, 0.15) is 177 Å². The van der Waals surface area contributed by atoms with Crippen molar-refractivity contribution < 1.29 is 37.7 Å². The molecule has 0 N–H and O–H groups in total. The molecule has 0 fully saturated rings. The van der Waals surface area contributed by atoms with Gasteiger partial charge in [-0.3, -0.25) is 0 Å². The number of unbranched alkanes of at least 4 members (excludes halogenated alkanes) is 5. The van der Waals surface area contributed by atoms with Crippen LogP contribution in [0.2, 0.25) is 0 Å². The van der Waals surface area contributed by atoms with E-state index in [1.165, 1.54) is 44.9 Å². The maximum atomic E-state index is 2.23. The SMILES string of the molecule is C.C.C.C.C.C.C.C.C.C.C.C.C.C.CCCCC.CCCCCC.[Ar]. The van der Waals surface area contributed by atoms with E-state index in [9.17, 15) is 0 Å². The summed E-state index contributed by atoms with van der Waals surface area (Å²) in [5.74, 6) is 0. The first-order chi connectivity index (χ1) is 5.33. The first kappa shape index (κ1) is 179. The summed E-state index contributed by atoms with van der Waals surface area (Å²) >= 11 is 0. The third-order valence-corrected chi connectivity index (χ3v) is 1.66. The molecule has 1 heteroatoms. The molecule has 0 bridgehead atoms. The van der Waals surface area contributed by atoms with Gasteiger partial charge in [0.1, 0.15) is 0 Å². The fourth-order valence-corrected chi connectivity index (χ4v) is 0.854. The van der Waals surface area contributed by atoms with Crippen molar-refractivity contribution in [1.29, 1.82) is 0 Å². The van der Waals surface area contributed by atoms with E-state index in [1.54, 1.807) is 0 Å². The van der Waals surface area contributed by atoms with Gasteiger partial charge in [0, 0.05) is 37.7 Å². The molecule has 0 aromatic carbocycles. The minimum absolute atomic E-state index is 0. The maximum Gasteiger partial charge on any atom is 0 e. The summed E-state index contributed by atoms with van der Waals surface area (Å²) in [6.07, 6.45) is 9.61. The molecule has 0 amide bonds. The van der Waals surface area contributed by atoms with Gasteiger partial charge in [0.05, 0.1) is 0 Å². The van der Waals surface area contributed by atoms with Crippen LogP contribution in [0.4, 0.5) is 0 Å². The Kier molecular flexibility index (Phi) is 1690. The maximum absolute atomic E-state index is 2.23. The summed E-state index contributed by atoms with van der Waals surface area (Å²) in [7, 11) is 0. The Hall–Kier alpha value is 1.26. The van der Waals surface area contributed by atoms with Gasteiger partial charge >= 0.3 is 0 Å². The van der Waals surface area contributed by atoms with Crippen LogP contribution >= 0.6 is 0 Å². The number of hydrogen-bond acceptors (Lipinski definition) is 0. The molecule has 0 aliphatic carbocycles. The van der Waals surface area contributed by atoms with E-state index in [4.69, 9.17) is 0 Å². The predicted octanol–water partition coefficient (Wildman–Crippen LogP) is 13.7. The summed E-state index contributed by atoms with van der Waals surface area (Å²) in [4.78, 5) is 0. The molecule has 0 heterocycles. The van der Waals surface area contributed by atoms with Crippen LogP contribution in [0.5, 0.6) is 0 Å². The summed E-state index contributed by atoms with van der Waals surface area (Å²) in [6.45, 7) is 8.89. The van der Waals surface area contributed by atoms with Crippen molar-refractivity contribution in [2.24, 2.45) is 0 Å². The molecule has 0 unspecified atom stereocenters. The minimum Gasteiger partial charge on any atom is -0.0776 e. The topological polar surface area (TPSA) is 0 Å². The zero-order valence-corrected chi connectivity index (χ0v) is 10.0. The smallest absolute Gasteiger partial charge is 0 e. The normalized spacial score (nSPS) is 3.69. The van der Waals surface area contributed by atoms with Gasteiger partial charge < -0.3 is 0 Å². The summed E-state index contributed by atoms with van der Waals surface area (Å²) < 4.78 is 0. The van der Waals surface area contributed by atoms with Crippen molar-refractivity contribution in [3.63, 3.8) is 0 Å². The Morgan fingerprint density at radius 2 is 0.385 bits per heavy atom. The zero-order valence-electron chi connectivity index (χ0n) is 9.30. The van der Waals surface area contributed by atoms with E-state index >= 15 is 0 Å². The van der Waals surface area contributed by atoms with Gasteiger partial charge in [0.2, 0.25) is 0 Å². The second kappa shape index (κ2) is 246. The minimum atomic E-state index is 0. The molecule has 0 rings (SSSR count). The molecule has 0 nitrogen and oxygen atoms in total. The quantitative estimate of drug-likeness (QED) is 0.386. The Bertz CT molecular complexity index is 39.4. The van der Waals surface area contributed by atoms with E-state index < -0.39 is 0 Å². The number of rotatable bonds is 5. The Morgan fingerprint density at radius 3 is 0.423 bits per heavy atom. The third kappa shape index (κ3) is 379. The Balaban J connectivity index is -0.00000000264. The average Bonchev–Trinajstić information content (AvgIpc) is 2.04. The van der Waals surface area contributed by atoms with Gasteiger partial charge in [0.15, 0.2) is 0 Å². The van der Waals surface area contributed by atoms with Crippen LogP contribution in [-0.2, 0) is 0 Å². The van der Waals surface area contributed by atoms with Crippen molar-refractivity contribution in [3.05, 3.63) is 0 Å². The standard InChI is InChI=1S/C6H14.C5H12.14CH4.Ar/c1-3-5-6-4-2;1-3-5-4-2;;;;;;;;;;;;;;;/h3-6H2,1-2H3;3-5H2,1-2H3;14*1H4;. The molecule has 26 heavy (non-hydrogen) atoms. The van der Waals surface area contributed by atoms with Gasteiger partial charge in [-0.25, -0.2) is 0 Å². The molecule has 0 aliphatic heterocycles. The van der Waals surface area contributed by atoms with Crippen LogP contribution in [0.3, 0.4) is 0 Å². The molecular formula is C25H82Ar. The summed E-state index contributed by atoms with van der Waals surface area (Å²) in [6, 6.07) is 0. The summed E-state index contributed by atoms with van der Waals surface area (Å²) in [5, 5.41) is 0. The molecule has 0 aromatic heterocycles. The first-order valence-electron chi connectivity index (χ1n) is 5.33. The third-order valence-electron chi connectivity index (χ3n) is 1.66. The number of hydrogen-bond donors (Lipinski definition) is 0. The molecule has 0 aromatic rings. The van der Waals surface area contributed by atoms with Crippen molar-refractivity contribution in [2.45, 2.75) is 177 Å². The second-order valence-electron chi connectivity index (χ2n) is 3.06. The first-order valence-corrected chi connectivity index (χ1v) is 5.33. The van der Waals surface area contributed by atoms with Crippen LogP contribution in [0, 0.1) is 37.7 Å². The van der Waals surface area contributed by atoms with Crippen LogP contribution < -0.4 is 0 Å². The van der Waals surface area contributed by atoms with Gasteiger partial charge in [-0.15, -0.1) is 0 Å². The van der Waals surface area contributed by atoms with Crippen LogP contribution in [0.15, 0.2) is 0 Å². The van der Waals surface area contributed by atoms with Gasteiger partial charge in [-0.2, -0.15) is 0 Å². The van der Waals surface area contributed by atoms with Gasteiger partial charge in [-0.05, 0) is 0 Å². The van der Waals surface area contributed by atoms with Gasteiger partial charge in [-0.1, -0.05) is 177 Å². The van der Waals surface area contributed by atoms with Crippen LogP contribution in [0.25, 0.3) is 0 Å². The molecule has 0 spiro atoms. The fraction of sp³-hybridized carbons (Fsp3) is 1.00. The summed E-state index contributed by atoms with van der Waals surface area (Å²) in [5.41, 5.74) is 0. The van der Waals surface area contributed by atoms with Crippen LogP contribution in [-0.4, -0.2) is 0 Å². The van der Waals surface area contributed by atoms with Crippen molar-refractivity contribution in [3.8, 4) is 0 Å². The van der Waals surface area contributed by atoms with Crippen molar-refractivity contribution in [1.82, 2.24) is 0 Å². The zero-order chi connectivity index (χ0) is 8.95. The predicted molar refractivity (Wildman–Crippen MR) is 149 cm³/mol. The van der Waals surface area contributed by atoms with Crippen molar-refractivity contribution >= 4 is 0 Å².